The molecule has 4 nitrogen and oxygen atoms in total. The highest BCUT2D eigenvalue weighted by atomic mass is 16.5. The Bertz CT molecular complexity index is 449. The summed E-state index contributed by atoms with van der Waals surface area (Å²) in [5.74, 6) is -1.28. The van der Waals surface area contributed by atoms with Gasteiger partial charge in [0, 0.05) is 11.6 Å². The van der Waals surface area contributed by atoms with Gasteiger partial charge in [0.25, 0.3) is 0 Å². The molecule has 0 fully saturated rings. The summed E-state index contributed by atoms with van der Waals surface area (Å²) in [6.07, 6.45) is 2.62. The molecule has 0 amide bonds. The molecule has 1 N–H and O–H groups in total. The van der Waals surface area contributed by atoms with E-state index < -0.39 is 5.97 Å². The van der Waals surface area contributed by atoms with Crippen molar-refractivity contribution in [3.63, 3.8) is 0 Å². The molecule has 4 heteroatoms. The Kier molecular flexibility index (Phi) is 9.31. The molecule has 0 aliphatic carbocycles. The van der Waals surface area contributed by atoms with Crippen LogP contribution in [0.2, 0.25) is 0 Å². The third-order valence-corrected chi connectivity index (χ3v) is 2.21. The van der Waals surface area contributed by atoms with Gasteiger partial charge in [-0.25, -0.2) is 9.59 Å². The van der Waals surface area contributed by atoms with E-state index in [1.54, 1.807) is 6.92 Å². The summed E-state index contributed by atoms with van der Waals surface area (Å²) in [5, 5.41) is 7.60. The minimum Gasteiger partial charge on any atom is -0.478 e. The number of ether oxygens (including phenoxy) is 1. The molecule has 0 unspecified atom stereocenters. The first-order valence-electron chi connectivity index (χ1n) is 6.19. The Morgan fingerprint density at radius 3 is 2.30 bits per heavy atom. The fraction of sp³-hybridized carbons (Fsp3) is 0.250. The van der Waals surface area contributed by atoms with Crippen LogP contribution in [0.1, 0.15) is 18.9 Å². The van der Waals surface area contributed by atoms with Gasteiger partial charge in [0.05, 0.1) is 6.61 Å². The van der Waals surface area contributed by atoms with E-state index in [4.69, 9.17) is 9.84 Å². The van der Waals surface area contributed by atoms with Crippen molar-refractivity contribution in [1.82, 2.24) is 0 Å². The maximum absolute atomic E-state index is 11.0. The van der Waals surface area contributed by atoms with Crippen LogP contribution in [0.3, 0.4) is 0 Å². The lowest BCUT2D eigenvalue weighted by atomic mass is 10.1. The maximum Gasteiger partial charge on any atom is 0.333 e. The van der Waals surface area contributed by atoms with Crippen molar-refractivity contribution in [2.75, 3.05) is 6.61 Å². The van der Waals surface area contributed by atoms with Crippen molar-refractivity contribution in [1.29, 1.82) is 0 Å². The van der Waals surface area contributed by atoms with E-state index in [9.17, 15) is 9.59 Å². The number of carbonyl (C=O) groups is 2. The third kappa shape index (κ3) is 9.65. The van der Waals surface area contributed by atoms with E-state index in [2.05, 4.69) is 25.3 Å². The second-order valence-electron chi connectivity index (χ2n) is 4.05. The topological polar surface area (TPSA) is 63.6 Å². The van der Waals surface area contributed by atoms with Crippen LogP contribution in [-0.2, 0) is 20.7 Å². The number of hydrogen-bond acceptors (Lipinski definition) is 3. The molecule has 0 aliphatic rings. The molecule has 1 aromatic rings. The monoisotopic (exact) mass is 276 g/mol. The zero-order valence-corrected chi connectivity index (χ0v) is 11.7. The predicted molar refractivity (Wildman–Crippen MR) is 78.4 cm³/mol. The van der Waals surface area contributed by atoms with Crippen LogP contribution in [0.15, 0.2) is 55.1 Å². The summed E-state index contributed by atoms with van der Waals surface area (Å²) < 4.78 is 4.99. The zero-order chi connectivity index (χ0) is 15.4. The lowest BCUT2D eigenvalue weighted by Crippen LogP contribution is -2.06. The quantitative estimate of drug-likeness (QED) is 0.493. The van der Waals surface area contributed by atoms with Crippen LogP contribution in [0, 0.1) is 0 Å². The average molecular weight is 276 g/mol. The summed E-state index contributed by atoms with van der Waals surface area (Å²) in [5.41, 5.74) is 1.72. The number of esters is 1. The smallest absolute Gasteiger partial charge is 0.333 e. The Morgan fingerprint density at radius 2 is 1.85 bits per heavy atom. The van der Waals surface area contributed by atoms with Crippen molar-refractivity contribution >= 4 is 11.9 Å². The maximum atomic E-state index is 11.0. The summed E-state index contributed by atoms with van der Waals surface area (Å²) in [6, 6.07) is 10.1. The van der Waals surface area contributed by atoms with Crippen LogP contribution in [0.5, 0.6) is 0 Å². The molecule has 0 aliphatic heterocycles. The third-order valence-electron chi connectivity index (χ3n) is 2.21. The summed E-state index contributed by atoms with van der Waals surface area (Å²) in [6.45, 7) is 8.59. The van der Waals surface area contributed by atoms with Gasteiger partial charge in [-0.3, -0.25) is 0 Å². The van der Waals surface area contributed by atoms with Gasteiger partial charge in [-0.1, -0.05) is 43.5 Å². The molecule has 0 saturated heterocycles. The molecule has 0 aromatic heterocycles. The van der Waals surface area contributed by atoms with E-state index in [1.165, 1.54) is 5.56 Å². The van der Waals surface area contributed by atoms with Crippen molar-refractivity contribution in [2.45, 2.75) is 19.8 Å². The van der Waals surface area contributed by atoms with Crippen molar-refractivity contribution in [3.8, 4) is 0 Å². The summed E-state index contributed by atoms with van der Waals surface area (Å²) >= 11 is 0. The highest BCUT2D eigenvalue weighted by Gasteiger charge is 2.01. The second kappa shape index (κ2) is 10.6. The molecule has 108 valence electrons. The minimum absolute atomic E-state index is 0.303. The molecule has 1 aromatic carbocycles. The molecule has 0 bridgehead atoms. The molecule has 0 spiro atoms. The molecule has 0 atom stereocenters. The lowest BCUT2D eigenvalue weighted by molar-refractivity contribution is -0.139. The lowest BCUT2D eigenvalue weighted by Gasteiger charge is -2.04. The van der Waals surface area contributed by atoms with Crippen LogP contribution < -0.4 is 0 Å². The first-order chi connectivity index (χ1) is 9.47. The SMILES string of the molecule is C=C(C)C(=O)OCCCc1ccccc1.C=CC(=O)O. The number of aliphatic carboxylic acids is 1. The number of hydrogen-bond donors (Lipinski definition) is 1. The van der Waals surface area contributed by atoms with Crippen LogP contribution in [0.4, 0.5) is 0 Å². The van der Waals surface area contributed by atoms with Crippen molar-refractivity contribution < 1.29 is 19.4 Å². The van der Waals surface area contributed by atoms with Gasteiger partial charge in [-0.05, 0) is 25.3 Å². The zero-order valence-electron chi connectivity index (χ0n) is 11.7. The van der Waals surface area contributed by atoms with E-state index in [1.807, 2.05) is 18.2 Å². The van der Waals surface area contributed by atoms with Crippen LogP contribution >= 0.6 is 0 Å². The number of carboxylic acid groups (broad SMARTS) is 1. The fourth-order valence-corrected chi connectivity index (χ4v) is 1.21. The number of rotatable bonds is 6. The normalized spacial score (nSPS) is 8.85. The molecule has 20 heavy (non-hydrogen) atoms. The Morgan fingerprint density at radius 1 is 1.30 bits per heavy atom. The molecule has 0 radical (unpaired) electrons. The number of carbonyl (C=O) groups excluding carboxylic acids is 1. The molecule has 1 rings (SSSR count). The minimum atomic E-state index is -0.981. The number of aryl methyl sites for hydroxylation is 1. The van der Waals surface area contributed by atoms with Gasteiger partial charge in [0.1, 0.15) is 0 Å². The van der Waals surface area contributed by atoms with Gasteiger partial charge >= 0.3 is 11.9 Å². The largest absolute Gasteiger partial charge is 0.478 e. The molecule has 0 saturated carbocycles. The van der Waals surface area contributed by atoms with E-state index in [0.717, 1.165) is 18.9 Å². The molecular weight excluding hydrogens is 256 g/mol. The molecular formula is C16H20O4. The average Bonchev–Trinajstić information content (AvgIpc) is 2.45. The van der Waals surface area contributed by atoms with Crippen LogP contribution in [-0.4, -0.2) is 23.7 Å². The van der Waals surface area contributed by atoms with Gasteiger partial charge < -0.3 is 9.84 Å². The highest BCUT2D eigenvalue weighted by Crippen LogP contribution is 2.03. The highest BCUT2D eigenvalue weighted by molar-refractivity contribution is 5.86. The van der Waals surface area contributed by atoms with Crippen molar-refractivity contribution in [3.05, 3.63) is 60.7 Å². The standard InChI is InChI=1S/C13H16O2.C3H4O2/c1-11(2)13(14)15-10-6-9-12-7-4-3-5-8-12;1-2-3(4)5/h3-5,7-8H,1,6,9-10H2,2H3;2H,1H2,(H,4,5). The first-order valence-corrected chi connectivity index (χ1v) is 6.19. The number of benzene rings is 1. The second-order valence-corrected chi connectivity index (χ2v) is 4.05. The Labute approximate surface area is 119 Å². The van der Waals surface area contributed by atoms with E-state index in [0.29, 0.717) is 12.2 Å². The van der Waals surface area contributed by atoms with E-state index in [-0.39, 0.29) is 5.97 Å². The van der Waals surface area contributed by atoms with Gasteiger partial charge in [0.15, 0.2) is 0 Å². The number of carboxylic acids is 1. The summed E-state index contributed by atoms with van der Waals surface area (Å²) in [4.78, 5) is 20.3. The molecule has 0 heterocycles. The van der Waals surface area contributed by atoms with E-state index >= 15 is 0 Å². The predicted octanol–water partition coefficient (Wildman–Crippen LogP) is 3.00. The fourth-order valence-electron chi connectivity index (χ4n) is 1.21. The van der Waals surface area contributed by atoms with Gasteiger partial charge in [-0.15, -0.1) is 0 Å². The Hall–Kier alpha value is -2.36. The first kappa shape index (κ1) is 17.6. The van der Waals surface area contributed by atoms with Crippen LogP contribution in [0.25, 0.3) is 0 Å². The van der Waals surface area contributed by atoms with Crippen molar-refractivity contribution in [2.24, 2.45) is 0 Å². The summed E-state index contributed by atoms with van der Waals surface area (Å²) in [7, 11) is 0. The Balaban J connectivity index is 0.000000621. The van der Waals surface area contributed by atoms with Gasteiger partial charge in [-0.2, -0.15) is 0 Å². The van der Waals surface area contributed by atoms with Gasteiger partial charge in [0.2, 0.25) is 0 Å².